The van der Waals surface area contributed by atoms with Gasteiger partial charge >= 0.3 is 0 Å². The zero-order valence-corrected chi connectivity index (χ0v) is 21.7. The average Bonchev–Trinajstić information content (AvgIpc) is 3.25. The molecule has 7 nitrogen and oxygen atoms in total. The number of halogens is 2. The van der Waals surface area contributed by atoms with Crippen LogP contribution in [-0.4, -0.2) is 32.0 Å². The van der Waals surface area contributed by atoms with Crippen molar-refractivity contribution in [3.63, 3.8) is 0 Å². The van der Waals surface area contributed by atoms with E-state index in [9.17, 15) is 14.9 Å². The van der Waals surface area contributed by atoms with Crippen molar-refractivity contribution in [3.05, 3.63) is 90.0 Å². The Labute approximate surface area is 214 Å². The molecule has 174 valence electrons. The highest BCUT2D eigenvalue weighted by Crippen LogP contribution is 2.36. The topological polar surface area (TPSA) is 80.7 Å². The number of carbonyl (C=O) groups excluding carboxylic acids is 1. The number of thioether (sulfide) groups is 1. The number of nitro groups is 1. The van der Waals surface area contributed by atoms with E-state index in [-0.39, 0.29) is 11.6 Å². The first-order valence-electron chi connectivity index (χ1n) is 10.4. The summed E-state index contributed by atoms with van der Waals surface area (Å²) in [6, 6.07) is 13.9. The van der Waals surface area contributed by atoms with Gasteiger partial charge in [0.15, 0.2) is 5.17 Å². The fourth-order valence-corrected chi connectivity index (χ4v) is 5.23. The Hall–Kier alpha value is -2.88. The van der Waals surface area contributed by atoms with E-state index in [2.05, 4.69) is 20.9 Å². The molecule has 0 atom stereocenters. The summed E-state index contributed by atoms with van der Waals surface area (Å²) in [5.41, 5.74) is 4.04. The minimum atomic E-state index is -0.410. The monoisotopic (exact) mass is 558 g/mol. The first-order valence-corrected chi connectivity index (χ1v) is 12.4. The summed E-state index contributed by atoms with van der Waals surface area (Å²) in [6.45, 7) is 6.25. The van der Waals surface area contributed by atoms with Crippen LogP contribution in [0.1, 0.15) is 23.9 Å². The van der Waals surface area contributed by atoms with Crippen LogP contribution in [0.3, 0.4) is 0 Å². The van der Waals surface area contributed by atoms with Gasteiger partial charge in [-0.05, 0) is 90.4 Å². The molecule has 1 aliphatic heterocycles. The maximum atomic E-state index is 13.1. The lowest BCUT2D eigenvalue weighted by atomic mass is 10.2. The van der Waals surface area contributed by atoms with Gasteiger partial charge in [0.05, 0.1) is 26.2 Å². The summed E-state index contributed by atoms with van der Waals surface area (Å²) in [6.07, 6.45) is 1.85. The van der Waals surface area contributed by atoms with E-state index in [1.165, 1.54) is 17.8 Å². The number of non-ortho nitro benzene ring substituents is 1. The van der Waals surface area contributed by atoms with Crippen LogP contribution < -0.4 is 0 Å². The van der Waals surface area contributed by atoms with Crippen molar-refractivity contribution in [2.24, 2.45) is 4.99 Å². The van der Waals surface area contributed by atoms with E-state index in [0.29, 0.717) is 33.0 Å². The van der Waals surface area contributed by atoms with Crippen LogP contribution in [0.25, 0.3) is 11.8 Å². The molecule has 1 aliphatic rings. The number of carbonyl (C=O) groups is 1. The maximum Gasteiger partial charge on any atom is 0.271 e. The summed E-state index contributed by atoms with van der Waals surface area (Å²) in [5.74, 6) is -0.116. The quantitative estimate of drug-likeness (QED) is 0.191. The first-order chi connectivity index (χ1) is 16.2. The van der Waals surface area contributed by atoms with Gasteiger partial charge < -0.3 is 4.57 Å². The van der Waals surface area contributed by atoms with Crippen LogP contribution >= 0.6 is 39.3 Å². The van der Waals surface area contributed by atoms with Crippen LogP contribution in [-0.2, 0) is 4.79 Å². The zero-order valence-electron chi connectivity index (χ0n) is 18.6. The zero-order chi connectivity index (χ0) is 24.6. The van der Waals surface area contributed by atoms with Gasteiger partial charge in [-0.15, -0.1) is 0 Å². The SMILES string of the molecule is CCN1C(=O)/C(=C/c2cc(C)n(-c3cccc([N+](=O)[O-])c3)c2C)SC1=Nc1ccc(Br)c(Cl)c1. The van der Waals surface area contributed by atoms with Gasteiger partial charge in [0.1, 0.15) is 0 Å². The third-order valence-electron chi connectivity index (χ3n) is 5.39. The standard InChI is InChI=1S/C24H20BrClN4O3S/c1-4-28-23(31)22(34-24(28)27-17-8-9-20(25)21(26)12-17)11-16-10-14(2)29(15(16)3)18-6-5-7-19(13-18)30(32)33/h5-13H,4H2,1-3H3/b22-11-,27-24?. The lowest BCUT2D eigenvalue weighted by Gasteiger charge is -2.12. The van der Waals surface area contributed by atoms with Crippen LogP contribution in [0.15, 0.2) is 62.9 Å². The molecule has 1 aromatic heterocycles. The number of hydrogen-bond donors (Lipinski definition) is 0. The fourth-order valence-electron chi connectivity index (χ4n) is 3.75. The van der Waals surface area contributed by atoms with Crippen LogP contribution in [0, 0.1) is 24.0 Å². The number of nitrogens with zero attached hydrogens (tertiary/aromatic N) is 4. The lowest BCUT2D eigenvalue weighted by Crippen LogP contribution is -2.28. The molecule has 4 rings (SSSR count). The number of rotatable bonds is 5. The number of hydrogen-bond acceptors (Lipinski definition) is 5. The average molecular weight is 560 g/mol. The summed E-state index contributed by atoms with van der Waals surface area (Å²) in [5, 5.41) is 12.3. The van der Waals surface area contributed by atoms with Gasteiger partial charge in [-0.1, -0.05) is 17.7 Å². The fraction of sp³-hybridized carbons (Fsp3) is 0.167. The molecule has 0 radical (unpaired) electrons. The highest BCUT2D eigenvalue weighted by molar-refractivity contribution is 9.10. The molecule has 0 N–H and O–H groups in total. The molecular formula is C24H20BrClN4O3S. The van der Waals surface area contributed by atoms with Gasteiger partial charge in [0.25, 0.3) is 11.6 Å². The molecule has 2 heterocycles. The van der Waals surface area contributed by atoms with E-state index in [0.717, 1.165) is 21.4 Å². The smallest absolute Gasteiger partial charge is 0.271 e. The molecule has 10 heteroatoms. The lowest BCUT2D eigenvalue weighted by molar-refractivity contribution is -0.384. The molecule has 2 aromatic carbocycles. The number of likely N-dealkylation sites (N-methyl/N-ethyl adjacent to an activating group) is 1. The van der Waals surface area contributed by atoms with Gasteiger partial charge in [0, 0.05) is 34.5 Å². The predicted octanol–water partition coefficient (Wildman–Crippen LogP) is 7.04. The molecular weight excluding hydrogens is 540 g/mol. The minimum Gasteiger partial charge on any atom is -0.318 e. The Morgan fingerprint density at radius 1 is 1.21 bits per heavy atom. The largest absolute Gasteiger partial charge is 0.318 e. The number of benzene rings is 2. The predicted molar refractivity (Wildman–Crippen MR) is 141 cm³/mol. The second kappa shape index (κ2) is 9.77. The van der Waals surface area contributed by atoms with Gasteiger partial charge in [-0.2, -0.15) is 0 Å². The second-order valence-electron chi connectivity index (χ2n) is 7.59. The number of amidine groups is 1. The molecule has 1 amide bonds. The molecule has 0 unspecified atom stereocenters. The molecule has 0 saturated carbocycles. The Balaban J connectivity index is 1.70. The normalized spacial score (nSPS) is 16.1. The van der Waals surface area contributed by atoms with E-state index in [4.69, 9.17) is 11.6 Å². The Morgan fingerprint density at radius 2 is 1.97 bits per heavy atom. The van der Waals surface area contributed by atoms with Gasteiger partial charge in [0.2, 0.25) is 0 Å². The third-order valence-corrected chi connectivity index (χ3v) is 7.63. The first kappa shape index (κ1) is 24.3. The highest BCUT2D eigenvalue weighted by Gasteiger charge is 2.32. The van der Waals surface area contributed by atoms with Crippen LogP contribution in [0.2, 0.25) is 5.02 Å². The molecule has 0 bridgehead atoms. The second-order valence-corrected chi connectivity index (χ2v) is 9.86. The molecule has 0 aliphatic carbocycles. The van der Waals surface area contributed by atoms with E-state index in [1.807, 2.05) is 55.7 Å². The van der Waals surface area contributed by atoms with Crippen LogP contribution in [0.4, 0.5) is 11.4 Å². The molecule has 1 saturated heterocycles. The highest BCUT2D eigenvalue weighted by atomic mass is 79.9. The Morgan fingerprint density at radius 3 is 2.65 bits per heavy atom. The van der Waals surface area contributed by atoms with Crippen molar-refractivity contribution >= 4 is 67.8 Å². The summed E-state index contributed by atoms with van der Waals surface area (Å²) < 4.78 is 2.72. The molecule has 3 aromatic rings. The van der Waals surface area contributed by atoms with Gasteiger partial charge in [-0.25, -0.2) is 4.99 Å². The summed E-state index contributed by atoms with van der Waals surface area (Å²) >= 11 is 10.9. The summed E-state index contributed by atoms with van der Waals surface area (Å²) in [4.78, 5) is 30.7. The maximum absolute atomic E-state index is 13.1. The molecule has 0 spiro atoms. The minimum absolute atomic E-state index is 0.0268. The summed E-state index contributed by atoms with van der Waals surface area (Å²) in [7, 11) is 0. The molecule has 1 fully saturated rings. The van der Waals surface area contributed by atoms with E-state index < -0.39 is 4.92 Å². The number of amides is 1. The van der Waals surface area contributed by atoms with Crippen molar-refractivity contribution in [2.45, 2.75) is 20.8 Å². The molecule has 34 heavy (non-hydrogen) atoms. The van der Waals surface area contributed by atoms with Crippen molar-refractivity contribution < 1.29 is 9.72 Å². The van der Waals surface area contributed by atoms with E-state index >= 15 is 0 Å². The number of aliphatic imine (C=N–C) groups is 1. The van der Waals surface area contributed by atoms with Crippen molar-refractivity contribution in [1.29, 1.82) is 0 Å². The van der Waals surface area contributed by atoms with Crippen molar-refractivity contribution in [1.82, 2.24) is 9.47 Å². The number of aromatic nitrogens is 1. The van der Waals surface area contributed by atoms with Crippen molar-refractivity contribution in [3.8, 4) is 5.69 Å². The number of aryl methyl sites for hydroxylation is 1. The third kappa shape index (κ3) is 4.68. The van der Waals surface area contributed by atoms with E-state index in [1.54, 1.807) is 23.1 Å². The Bertz CT molecular complexity index is 1380. The van der Waals surface area contributed by atoms with Gasteiger partial charge in [-0.3, -0.25) is 19.8 Å². The van der Waals surface area contributed by atoms with Crippen LogP contribution in [0.5, 0.6) is 0 Å². The van der Waals surface area contributed by atoms with Crippen molar-refractivity contribution in [2.75, 3.05) is 6.54 Å². The Kier molecular flexibility index (Phi) is 6.97. The number of nitro benzene ring substituents is 1.